The molecule has 2 fully saturated rings. The van der Waals surface area contributed by atoms with Crippen molar-refractivity contribution in [2.45, 2.75) is 19.3 Å². The Morgan fingerprint density at radius 1 is 1.19 bits per heavy atom. The van der Waals surface area contributed by atoms with Crippen LogP contribution in [0.5, 0.6) is 0 Å². The van der Waals surface area contributed by atoms with Crippen LogP contribution in [0.25, 0.3) is 5.69 Å². The molecule has 2 heterocycles. The molecule has 1 aliphatic carbocycles. The van der Waals surface area contributed by atoms with E-state index in [0.717, 1.165) is 17.5 Å². The monoisotopic (exact) mass is 371 g/mol. The molecule has 8 heteroatoms. The molecule has 1 saturated carbocycles. The summed E-state index contributed by atoms with van der Waals surface area (Å²) in [4.78, 5) is 38.3. The molecular weight excluding hydrogens is 353 g/mol. The van der Waals surface area contributed by atoms with E-state index >= 15 is 0 Å². The number of rotatable bonds is 3. The van der Waals surface area contributed by atoms with E-state index in [0.29, 0.717) is 18.7 Å². The summed E-state index contributed by atoms with van der Waals surface area (Å²) < 4.78 is 14.2. The molecule has 7 nitrogen and oxygen atoms in total. The fourth-order valence-corrected chi connectivity index (χ4v) is 4.25. The highest BCUT2D eigenvalue weighted by Gasteiger charge is 2.55. The van der Waals surface area contributed by atoms with E-state index in [1.807, 2.05) is 0 Å². The molecule has 2 atom stereocenters. The highest BCUT2D eigenvalue weighted by molar-refractivity contribution is 5.93. The van der Waals surface area contributed by atoms with Gasteiger partial charge in [-0.3, -0.25) is 14.4 Å². The molecule has 2 aliphatic rings. The normalized spacial score (nSPS) is 24.0. The van der Waals surface area contributed by atoms with Crippen molar-refractivity contribution < 1.29 is 19.1 Å². The summed E-state index contributed by atoms with van der Waals surface area (Å²) in [6.45, 7) is 0.533. The van der Waals surface area contributed by atoms with Crippen molar-refractivity contribution in [3.8, 4) is 5.69 Å². The smallest absolute Gasteiger partial charge is 0.311 e. The number of hydrogen-bond donors (Lipinski definition) is 1. The minimum Gasteiger partial charge on any atom is -0.481 e. The number of halogens is 1. The molecule has 1 saturated heterocycles. The predicted octanol–water partition coefficient (Wildman–Crippen LogP) is 1.70. The van der Waals surface area contributed by atoms with Gasteiger partial charge in [0.2, 0.25) is 0 Å². The maximum atomic E-state index is 13.1. The average Bonchev–Trinajstić information content (AvgIpc) is 3.21. The van der Waals surface area contributed by atoms with Gasteiger partial charge in [-0.15, -0.1) is 0 Å². The van der Waals surface area contributed by atoms with Crippen LogP contribution in [0.4, 0.5) is 4.39 Å². The van der Waals surface area contributed by atoms with Crippen LogP contribution in [-0.4, -0.2) is 44.8 Å². The maximum Gasteiger partial charge on any atom is 0.311 e. The Labute approximate surface area is 154 Å². The average molecular weight is 371 g/mol. The summed E-state index contributed by atoms with van der Waals surface area (Å²) in [7, 11) is 0. The summed E-state index contributed by atoms with van der Waals surface area (Å²) in [6.07, 6.45) is 2.21. The molecule has 140 valence electrons. The summed E-state index contributed by atoms with van der Waals surface area (Å²) in [6, 6.07) is 7.78. The maximum absolute atomic E-state index is 13.1. The van der Waals surface area contributed by atoms with E-state index < -0.39 is 28.7 Å². The molecule has 4 rings (SSSR count). The lowest BCUT2D eigenvalue weighted by atomic mass is 9.81. The van der Waals surface area contributed by atoms with Gasteiger partial charge in [0, 0.05) is 19.2 Å². The molecule has 1 N–H and O–H groups in total. The van der Waals surface area contributed by atoms with Crippen LogP contribution >= 0.6 is 0 Å². The van der Waals surface area contributed by atoms with Gasteiger partial charge >= 0.3 is 5.97 Å². The molecule has 1 aliphatic heterocycles. The van der Waals surface area contributed by atoms with Crippen molar-refractivity contribution in [3.05, 3.63) is 58.3 Å². The number of carboxylic acid groups (broad SMARTS) is 1. The lowest BCUT2D eigenvalue weighted by molar-refractivity contribution is -0.149. The number of aromatic nitrogens is 2. The predicted molar refractivity (Wildman–Crippen MR) is 93.1 cm³/mol. The van der Waals surface area contributed by atoms with E-state index in [4.69, 9.17) is 0 Å². The largest absolute Gasteiger partial charge is 0.481 e. The Kier molecular flexibility index (Phi) is 4.05. The Bertz CT molecular complexity index is 972. The number of amides is 1. The van der Waals surface area contributed by atoms with Gasteiger partial charge in [-0.1, -0.05) is 6.42 Å². The fourth-order valence-electron chi connectivity index (χ4n) is 4.25. The van der Waals surface area contributed by atoms with Crippen molar-refractivity contribution in [3.63, 3.8) is 0 Å². The zero-order valence-electron chi connectivity index (χ0n) is 14.5. The molecule has 0 unspecified atom stereocenters. The first-order valence-electron chi connectivity index (χ1n) is 8.80. The second-order valence-corrected chi connectivity index (χ2v) is 7.18. The van der Waals surface area contributed by atoms with Gasteiger partial charge in [0.05, 0.1) is 11.1 Å². The minimum atomic E-state index is -0.874. The Morgan fingerprint density at radius 3 is 2.59 bits per heavy atom. The van der Waals surface area contributed by atoms with Crippen LogP contribution < -0.4 is 5.56 Å². The number of carbonyl (C=O) groups excluding carboxylic acids is 1. The first-order chi connectivity index (χ1) is 12.9. The highest BCUT2D eigenvalue weighted by atomic mass is 19.1. The Morgan fingerprint density at radius 2 is 1.93 bits per heavy atom. The lowest BCUT2D eigenvalue weighted by Crippen LogP contribution is -2.38. The zero-order valence-corrected chi connectivity index (χ0v) is 14.5. The summed E-state index contributed by atoms with van der Waals surface area (Å²) in [5.74, 6) is -1.76. The van der Waals surface area contributed by atoms with Crippen molar-refractivity contribution in [2.24, 2.45) is 11.3 Å². The number of nitrogens with zero attached hydrogens (tertiary/aromatic N) is 3. The summed E-state index contributed by atoms with van der Waals surface area (Å²) in [5, 5.41) is 13.8. The van der Waals surface area contributed by atoms with Gasteiger partial charge in [0.25, 0.3) is 11.5 Å². The third-order valence-electron chi connectivity index (χ3n) is 5.67. The number of aliphatic carboxylic acids is 1. The third-order valence-corrected chi connectivity index (χ3v) is 5.67. The van der Waals surface area contributed by atoms with Gasteiger partial charge in [0.1, 0.15) is 11.5 Å². The van der Waals surface area contributed by atoms with Crippen molar-refractivity contribution in [1.29, 1.82) is 0 Å². The van der Waals surface area contributed by atoms with Crippen molar-refractivity contribution in [2.75, 3.05) is 13.1 Å². The van der Waals surface area contributed by atoms with E-state index in [9.17, 15) is 23.9 Å². The first kappa shape index (κ1) is 17.4. The van der Waals surface area contributed by atoms with E-state index in [1.54, 1.807) is 0 Å². The third kappa shape index (κ3) is 2.81. The number of fused-ring (bicyclic) bond motifs is 1. The highest BCUT2D eigenvalue weighted by Crippen LogP contribution is 2.49. The molecule has 1 aromatic heterocycles. The minimum absolute atomic E-state index is 0.0537. The van der Waals surface area contributed by atoms with Gasteiger partial charge in [-0.2, -0.15) is 9.78 Å². The van der Waals surface area contributed by atoms with Crippen LogP contribution in [0, 0.1) is 17.2 Å². The molecular formula is C19H18FN3O4. The van der Waals surface area contributed by atoms with Gasteiger partial charge in [-0.05, 0) is 49.1 Å². The number of likely N-dealkylation sites (tertiary alicyclic amines) is 1. The Hall–Kier alpha value is -3.03. The van der Waals surface area contributed by atoms with Gasteiger partial charge in [-0.25, -0.2) is 4.39 Å². The van der Waals surface area contributed by atoms with Crippen LogP contribution in [0.1, 0.15) is 29.8 Å². The number of hydrogen-bond acceptors (Lipinski definition) is 4. The standard InChI is InChI=1S/C19H18FN3O4/c20-13-3-5-14(6-4-13)23-16(24)8-7-15(21-23)17(25)22-10-12-2-1-9-19(12,11-22)18(26)27/h3-8,12H,1-2,9-11H2,(H,26,27)/t12-,19+/m0/s1. The lowest BCUT2D eigenvalue weighted by Gasteiger charge is -2.23. The first-order valence-corrected chi connectivity index (χ1v) is 8.80. The van der Waals surface area contributed by atoms with Gasteiger partial charge in [0.15, 0.2) is 0 Å². The Balaban J connectivity index is 1.64. The number of carboxylic acids is 1. The topological polar surface area (TPSA) is 92.5 Å². The zero-order chi connectivity index (χ0) is 19.2. The second kappa shape index (κ2) is 6.29. The van der Waals surface area contributed by atoms with Crippen molar-refractivity contribution in [1.82, 2.24) is 14.7 Å². The fraction of sp³-hybridized carbons (Fsp3) is 0.368. The van der Waals surface area contributed by atoms with E-state index in [2.05, 4.69) is 5.10 Å². The number of carbonyl (C=O) groups is 2. The van der Waals surface area contributed by atoms with Crippen LogP contribution in [0.15, 0.2) is 41.2 Å². The summed E-state index contributed by atoms with van der Waals surface area (Å²) >= 11 is 0. The summed E-state index contributed by atoms with van der Waals surface area (Å²) in [5.41, 5.74) is -0.921. The van der Waals surface area contributed by atoms with Crippen molar-refractivity contribution >= 4 is 11.9 Å². The van der Waals surface area contributed by atoms with Crippen LogP contribution in [-0.2, 0) is 4.79 Å². The van der Waals surface area contributed by atoms with Crippen LogP contribution in [0.3, 0.4) is 0 Å². The molecule has 0 spiro atoms. The van der Waals surface area contributed by atoms with E-state index in [1.165, 1.54) is 41.3 Å². The number of benzene rings is 1. The molecule has 0 bridgehead atoms. The SMILES string of the molecule is O=C(c1ccc(=O)n(-c2ccc(F)cc2)n1)N1C[C@@H]2CCC[C@@]2(C(=O)O)C1. The second-order valence-electron chi connectivity index (χ2n) is 7.18. The molecule has 1 amide bonds. The van der Waals surface area contributed by atoms with Crippen LogP contribution in [0.2, 0.25) is 0 Å². The molecule has 27 heavy (non-hydrogen) atoms. The quantitative estimate of drug-likeness (QED) is 0.887. The van der Waals surface area contributed by atoms with E-state index in [-0.39, 0.29) is 18.2 Å². The molecule has 2 aromatic rings. The molecule has 1 aromatic carbocycles. The molecule has 0 radical (unpaired) electrons. The van der Waals surface area contributed by atoms with Gasteiger partial charge < -0.3 is 10.0 Å².